The third kappa shape index (κ3) is 3.78. The highest BCUT2D eigenvalue weighted by Gasteiger charge is 2.40. The minimum absolute atomic E-state index is 0.0625. The molecule has 104 valence electrons. The lowest BCUT2D eigenvalue weighted by Crippen LogP contribution is -2.47. The minimum Gasteiger partial charge on any atom is -0.394 e. The molecule has 1 atom stereocenters. The Bertz CT molecular complexity index is 440. The van der Waals surface area contributed by atoms with Crippen LogP contribution < -0.4 is 10.6 Å². The van der Waals surface area contributed by atoms with E-state index in [4.69, 9.17) is 0 Å². The SMILES string of the molecule is CC(=O)Nc1ccc(CNC(C)(CO)C2CC2)cc1. The smallest absolute Gasteiger partial charge is 0.221 e. The Morgan fingerprint density at radius 2 is 2.00 bits per heavy atom. The second kappa shape index (κ2) is 5.72. The van der Waals surface area contributed by atoms with Crippen molar-refractivity contribution in [3.05, 3.63) is 29.8 Å². The van der Waals surface area contributed by atoms with Crippen molar-refractivity contribution in [2.75, 3.05) is 11.9 Å². The number of hydrogen-bond donors (Lipinski definition) is 3. The van der Waals surface area contributed by atoms with Crippen molar-refractivity contribution in [3.8, 4) is 0 Å². The molecule has 1 aromatic carbocycles. The molecular weight excluding hydrogens is 240 g/mol. The fourth-order valence-electron chi connectivity index (χ4n) is 2.26. The van der Waals surface area contributed by atoms with Gasteiger partial charge in [0.2, 0.25) is 5.91 Å². The van der Waals surface area contributed by atoms with E-state index >= 15 is 0 Å². The Balaban J connectivity index is 1.90. The zero-order valence-corrected chi connectivity index (χ0v) is 11.6. The fraction of sp³-hybridized carbons (Fsp3) is 0.533. The summed E-state index contributed by atoms with van der Waals surface area (Å²) in [6.45, 7) is 4.48. The number of anilines is 1. The van der Waals surface area contributed by atoms with Gasteiger partial charge in [0, 0.05) is 24.7 Å². The molecule has 1 aromatic rings. The van der Waals surface area contributed by atoms with Gasteiger partial charge < -0.3 is 15.7 Å². The Morgan fingerprint density at radius 3 is 2.47 bits per heavy atom. The summed E-state index contributed by atoms with van der Waals surface area (Å²) in [4.78, 5) is 10.9. The topological polar surface area (TPSA) is 61.4 Å². The van der Waals surface area contributed by atoms with Crippen molar-refractivity contribution >= 4 is 11.6 Å². The number of nitrogens with one attached hydrogen (secondary N) is 2. The average Bonchev–Trinajstić information content (AvgIpc) is 3.21. The van der Waals surface area contributed by atoms with Crippen LogP contribution in [0.25, 0.3) is 0 Å². The van der Waals surface area contributed by atoms with Gasteiger partial charge >= 0.3 is 0 Å². The van der Waals surface area contributed by atoms with E-state index in [9.17, 15) is 9.90 Å². The van der Waals surface area contributed by atoms with Crippen LogP contribution in [-0.2, 0) is 11.3 Å². The summed E-state index contributed by atoms with van der Waals surface area (Å²) >= 11 is 0. The maximum absolute atomic E-state index is 10.9. The highest BCUT2D eigenvalue weighted by Crippen LogP contribution is 2.39. The van der Waals surface area contributed by atoms with Crippen LogP contribution >= 0.6 is 0 Å². The normalized spacial score (nSPS) is 17.8. The Kier molecular flexibility index (Phi) is 4.22. The van der Waals surface area contributed by atoms with E-state index < -0.39 is 0 Å². The number of benzene rings is 1. The Morgan fingerprint density at radius 1 is 1.37 bits per heavy atom. The summed E-state index contributed by atoms with van der Waals surface area (Å²) < 4.78 is 0. The molecule has 1 saturated carbocycles. The van der Waals surface area contributed by atoms with Gasteiger partial charge in [0.25, 0.3) is 0 Å². The van der Waals surface area contributed by atoms with E-state index in [1.807, 2.05) is 24.3 Å². The first-order chi connectivity index (χ1) is 9.03. The maximum Gasteiger partial charge on any atom is 0.221 e. The molecule has 1 aliphatic rings. The average molecular weight is 262 g/mol. The monoisotopic (exact) mass is 262 g/mol. The van der Waals surface area contributed by atoms with Crippen molar-refractivity contribution < 1.29 is 9.90 Å². The molecule has 1 aliphatic carbocycles. The van der Waals surface area contributed by atoms with Crippen LogP contribution in [0.4, 0.5) is 5.69 Å². The summed E-state index contributed by atoms with van der Waals surface area (Å²) in [5.41, 5.74) is 1.79. The molecule has 0 saturated heterocycles. The number of aliphatic hydroxyl groups is 1. The first-order valence-electron chi connectivity index (χ1n) is 6.76. The summed E-state index contributed by atoms with van der Waals surface area (Å²) in [5.74, 6) is 0.531. The number of carbonyl (C=O) groups excluding carboxylic acids is 1. The number of aliphatic hydroxyl groups excluding tert-OH is 1. The van der Waals surface area contributed by atoms with E-state index in [2.05, 4.69) is 17.6 Å². The first-order valence-corrected chi connectivity index (χ1v) is 6.76. The third-order valence-electron chi connectivity index (χ3n) is 3.78. The van der Waals surface area contributed by atoms with Gasteiger partial charge in [0.1, 0.15) is 0 Å². The van der Waals surface area contributed by atoms with Gasteiger partial charge in [-0.15, -0.1) is 0 Å². The molecule has 0 radical (unpaired) electrons. The van der Waals surface area contributed by atoms with Crippen molar-refractivity contribution in [1.29, 1.82) is 0 Å². The number of carbonyl (C=O) groups is 1. The Hall–Kier alpha value is -1.39. The van der Waals surface area contributed by atoms with Crippen molar-refractivity contribution in [3.63, 3.8) is 0 Å². The van der Waals surface area contributed by atoms with Crippen LogP contribution in [0.1, 0.15) is 32.3 Å². The van der Waals surface area contributed by atoms with E-state index in [0.29, 0.717) is 5.92 Å². The fourth-order valence-corrected chi connectivity index (χ4v) is 2.26. The van der Waals surface area contributed by atoms with Crippen LogP contribution in [0.5, 0.6) is 0 Å². The lowest BCUT2D eigenvalue weighted by atomic mass is 9.96. The predicted octanol–water partition coefficient (Wildman–Crippen LogP) is 1.90. The van der Waals surface area contributed by atoms with Gasteiger partial charge in [-0.3, -0.25) is 4.79 Å². The standard InChI is InChI=1S/C15H22N2O2/c1-11(19)17-14-7-3-12(4-8-14)9-16-15(2,10-18)13-5-6-13/h3-4,7-8,13,16,18H,5-6,9-10H2,1-2H3,(H,17,19). The zero-order chi connectivity index (χ0) is 13.9. The second-order valence-electron chi connectivity index (χ2n) is 5.58. The molecule has 4 heteroatoms. The maximum atomic E-state index is 10.9. The lowest BCUT2D eigenvalue weighted by Gasteiger charge is -2.29. The molecule has 0 spiro atoms. The molecule has 1 fully saturated rings. The van der Waals surface area contributed by atoms with Crippen molar-refractivity contribution in [2.24, 2.45) is 5.92 Å². The highest BCUT2D eigenvalue weighted by molar-refractivity contribution is 5.88. The summed E-state index contributed by atoms with van der Waals surface area (Å²) in [5, 5.41) is 15.7. The Labute approximate surface area is 114 Å². The summed E-state index contributed by atoms with van der Waals surface area (Å²) in [6, 6.07) is 7.77. The van der Waals surface area contributed by atoms with E-state index in [1.165, 1.54) is 19.8 Å². The van der Waals surface area contributed by atoms with E-state index in [0.717, 1.165) is 17.8 Å². The summed E-state index contributed by atoms with van der Waals surface area (Å²) in [7, 11) is 0. The van der Waals surface area contributed by atoms with Gasteiger partial charge in [0.05, 0.1) is 6.61 Å². The molecule has 4 nitrogen and oxygen atoms in total. The van der Waals surface area contributed by atoms with E-state index in [-0.39, 0.29) is 18.1 Å². The van der Waals surface area contributed by atoms with Crippen molar-refractivity contribution in [1.82, 2.24) is 5.32 Å². The van der Waals surface area contributed by atoms with Crippen LogP contribution in [0.15, 0.2) is 24.3 Å². The molecule has 1 amide bonds. The van der Waals surface area contributed by atoms with Gasteiger partial charge in [0.15, 0.2) is 0 Å². The molecule has 0 heterocycles. The molecule has 0 bridgehead atoms. The van der Waals surface area contributed by atoms with Crippen molar-refractivity contribution in [2.45, 2.75) is 38.8 Å². The molecule has 0 aromatic heterocycles. The largest absolute Gasteiger partial charge is 0.394 e. The lowest BCUT2D eigenvalue weighted by molar-refractivity contribution is -0.114. The molecule has 19 heavy (non-hydrogen) atoms. The molecular formula is C15H22N2O2. The molecule has 2 rings (SSSR count). The van der Waals surface area contributed by atoms with E-state index in [1.54, 1.807) is 0 Å². The quantitative estimate of drug-likeness (QED) is 0.733. The highest BCUT2D eigenvalue weighted by atomic mass is 16.3. The number of rotatable bonds is 6. The molecule has 3 N–H and O–H groups in total. The summed E-state index contributed by atoms with van der Waals surface area (Å²) in [6.07, 6.45) is 2.40. The van der Waals surface area contributed by atoms with Gasteiger partial charge in [-0.25, -0.2) is 0 Å². The van der Waals surface area contributed by atoms with Gasteiger partial charge in [-0.05, 0) is 43.4 Å². The number of hydrogen-bond acceptors (Lipinski definition) is 3. The second-order valence-corrected chi connectivity index (χ2v) is 5.58. The first kappa shape index (κ1) is 14.0. The molecule has 1 unspecified atom stereocenters. The van der Waals surface area contributed by atoms with Crippen LogP contribution in [0.3, 0.4) is 0 Å². The minimum atomic E-state index is -0.170. The predicted molar refractivity (Wildman–Crippen MR) is 75.8 cm³/mol. The van der Waals surface area contributed by atoms with Crippen LogP contribution in [0.2, 0.25) is 0 Å². The van der Waals surface area contributed by atoms with Crippen LogP contribution in [-0.4, -0.2) is 23.2 Å². The van der Waals surface area contributed by atoms with Gasteiger partial charge in [-0.2, -0.15) is 0 Å². The van der Waals surface area contributed by atoms with Gasteiger partial charge in [-0.1, -0.05) is 12.1 Å². The van der Waals surface area contributed by atoms with Crippen LogP contribution in [0, 0.1) is 5.92 Å². The third-order valence-corrected chi connectivity index (χ3v) is 3.78. The number of amides is 1. The zero-order valence-electron chi connectivity index (χ0n) is 11.6. The molecule has 0 aliphatic heterocycles.